The number of aliphatic hydroxyl groups is 1. The third-order valence-corrected chi connectivity index (χ3v) is 3.40. The fourth-order valence-electron chi connectivity index (χ4n) is 2.08. The lowest BCUT2D eigenvalue weighted by atomic mass is 10.1. The Morgan fingerprint density at radius 3 is 2.38 bits per heavy atom. The summed E-state index contributed by atoms with van der Waals surface area (Å²) in [5.41, 5.74) is 0.200. The molecule has 2 aromatic rings. The summed E-state index contributed by atoms with van der Waals surface area (Å²) in [6, 6.07) is 11.6. The van der Waals surface area contributed by atoms with E-state index < -0.39 is 30.3 Å². The van der Waals surface area contributed by atoms with E-state index in [1.165, 1.54) is 12.1 Å². The molecular formula is C16H15F3N2O3. The van der Waals surface area contributed by atoms with E-state index in [2.05, 4.69) is 4.98 Å². The van der Waals surface area contributed by atoms with Crippen LogP contribution in [0.4, 0.5) is 13.2 Å². The van der Waals surface area contributed by atoms with Crippen molar-refractivity contribution in [1.29, 1.82) is 0 Å². The van der Waals surface area contributed by atoms with E-state index in [9.17, 15) is 22.8 Å². The molecule has 8 heteroatoms. The van der Waals surface area contributed by atoms with Crippen LogP contribution in [0.1, 0.15) is 10.4 Å². The molecule has 24 heavy (non-hydrogen) atoms. The van der Waals surface area contributed by atoms with Gasteiger partial charge in [0.1, 0.15) is 5.56 Å². The Bertz CT molecular complexity index is 772. The van der Waals surface area contributed by atoms with Crippen molar-refractivity contribution in [2.75, 3.05) is 13.6 Å². The molecule has 0 spiro atoms. The second kappa shape index (κ2) is 6.88. The zero-order valence-electron chi connectivity index (χ0n) is 12.7. The van der Waals surface area contributed by atoms with Crippen molar-refractivity contribution in [2.45, 2.75) is 12.3 Å². The van der Waals surface area contributed by atoms with E-state index >= 15 is 0 Å². The largest absolute Gasteiger partial charge is 0.416 e. The number of aromatic amines is 1. The smallest absolute Gasteiger partial charge is 0.382 e. The van der Waals surface area contributed by atoms with Gasteiger partial charge in [0, 0.05) is 12.7 Å². The maximum absolute atomic E-state index is 12.3. The maximum Gasteiger partial charge on any atom is 0.416 e. The predicted molar refractivity (Wildman–Crippen MR) is 81.5 cm³/mol. The molecule has 0 aliphatic carbocycles. The van der Waals surface area contributed by atoms with Gasteiger partial charge in [-0.2, -0.15) is 13.2 Å². The molecule has 1 aromatic carbocycles. The lowest BCUT2D eigenvalue weighted by Gasteiger charge is -2.22. The maximum atomic E-state index is 12.3. The molecule has 2 rings (SSSR count). The minimum Gasteiger partial charge on any atom is -0.382 e. The van der Waals surface area contributed by atoms with Gasteiger partial charge in [0.25, 0.3) is 11.5 Å². The highest BCUT2D eigenvalue weighted by molar-refractivity contribution is 5.94. The van der Waals surface area contributed by atoms with Crippen molar-refractivity contribution in [2.24, 2.45) is 0 Å². The zero-order valence-corrected chi connectivity index (χ0v) is 12.7. The van der Waals surface area contributed by atoms with E-state index in [4.69, 9.17) is 5.11 Å². The highest BCUT2D eigenvalue weighted by Gasteiger charge is 2.39. The van der Waals surface area contributed by atoms with Gasteiger partial charge in [-0.15, -0.1) is 0 Å². The molecule has 2 N–H and O–H groups in total. The molecule has 0 aliphatic heterocycles. The van der Waals surface area contributed by atoms with Crippen molar-refractivity contribution in [3.8, 4) is 11.3 Å². The average molecular weight is 340 g/mol. The second-order valence-electron chi connectivity index (χ2n) is 5.22. The van der Waals surface area contributed by atoms with Gasteiger partial charge >= 0.3 is 6.18 Å². The third kappa shape index (κ3) is 4.02. The summed E-state index contributed by atoms with van der Waals surface area (Å²) in [4.78, 5) is 27.3. The van der Waals surface area contributed by atoms with Gasteiger partial charge in [-0.05, 0) is 17.7 Å². The number of benzene rings is 1. The van der Waals surface area contributed by atoms with Crippen LogP contribution in [0.25, 0.3) is 11.3 Å². The van der Waals surface area contributed by atoms with E-state index in [1.807, 2.05) is 0 Å². The summed E-state index contributed by atoms with van der Waals surface area (Å²) in [5.74, 6) is -0.904. The minimum atomic E-state index is -4.84. The van der Waals surface area contributed by atoms with Gasteiger partial charge in [-0.1, -0.05) is 30.3 Å². The van der Waals surface area contributed by atoms with Gasteiger partial charge in [-0.25, -0.2) is 0 Å². The summed E-state index contributed by atoms with van der Waals surface area (Å²) in [6.07, 6.45) is -7.51. The van der Waals surface area contributed by atoms with Crippen LogP contribution in [-0.4, -0.2) is 46.8 Å². The number of carbonyl (C=O) groups excluding carboxylic acids is 1. The van der Waals surface area contributed by atoms with Gasteiger partial charge in [0.05, 0.1) is 6.54 Å². The normalized spacial score (nSPS) is 12.7. The molecule has 128 valence electrons. The Labute approximate surface area is 135 Å². The molecule has 0 aliphatic rings. The van der Waals surface area contributed by atoms with E-state index in [0.29, 0.717) is 10.6 Å². The Balaban J connectivity index is 2.20. The van der Waals surface area contributed by atoms with Crippen LogP contribution < -0.4 is 5.56 Å². The van der Waals surface area contributed by atoms with Gasteiger partial charge in [-0.3, -0.25) is 9.59 Å². The lowest BCUT2D eigenvalue weighted by molar-refractivity contribution is -0.205. The topological polar surface area (TPSA) is 73.4 Å². The fraction of sp³-hybridized carbons (Fsp3) is 0.250. The molecule has 1 atom stereocenters. The number of nitrogens with one attached hydrogen (secondary N) is 1. The lowest BCUT2D eigenvalue weighted by Crippen LogP contribution is -2.42. The van der Waals surface area contributed by atoms with Crippen molar-refractivity contribution in [3.63, 3.8) is 0 Å². The summed E-state index contributed by atoms with van der Waals surface area (Å²) in [7, 11) is 1.09. The molecule has 1 amide bonds. The first-order valence-electron chi connectivity index (χ1n) is 6.99. The molecule has 0 saturated heterocycles. The number of hydrogen-bond donors (Lipinski definition) is 2. The molecule has 0 radical (unpaired) electrons. The highest BCUT2D eigenvalue weighted by Crippen LogP contribution is 2.21. The number of alkyl halides is 3. The van der Waals surface area contributed by atoms with Crippen LogP contribution >= 0.6 is 0 Å². The number of H-pyrrole nitrogens is 1. The third-order valence-electron chi connectivity index (χ3n) is 3.40. The monoisotopic (exact) mass is 340 g/mol. The van der Waals surface area contributed by atoms with Crippen molar-refractivity contribution in [3.05, 3.63) is 58.4 Å². The second-order valence-corrected chi connectivity index (χ2v) is 5.22. The number of pyridine rings is 1. The van der Waals surface area contributed by atoms with Crippen LogP contribution in [0.15, 0.2) is 47.3 Å². The SMILES string of the molecule is CN(CC(O)C(F)(F)F)C(=O)c1ccc(-c2ccccc2)[nH]c1=O. The molecule has 0 fully saturated rings. The molecule has 0 saturated carbocycles. The van der Waals surface area contributed by atoms with E-state index in [1.54, 1.807) is 30.3 Å². The van der Waals surface area contributed by atoms with Gasteiger partial charge in [0.15, 0.2) is 6.10 Å². The zero-order chi connectivity index (χ0) is 17.9. The fourth-order valence-corrected chi connectivity index (χ4v) is 2.08. The van der Waals surface area contributed by atoms with Crippen molar-refractivity contribution < 1.29 is 23.1 Å². The van der Waals surface area contributed by atoms with Gasteiger partial charge < -0.3 is 15.0 Å². The van der Waals surface area contributed by atoms with Crippen LogP contribution in [0.5, 0.6) is 0 Å². The number of likely N-dealkylation sites (N-methyl/N-ethyl adjacent to an activating group) is 1. The number of aromatic nitrogens is 1. The van der Waals surface area contributed by atoms with E-state index in [-0.39, 0.29) is 5.56 Å². The first-order valence-corrected chi connectivity index (χ1v) is 6.99. The Hall–Kier alpha value is -2.61. The van der Waals surface area contributed by atoms with Crippen molar-refractivity contribution >= 4 is 5.91 Å². The molecule has 1 aromatic heterocycles. The minimum absolute atomic E-state index is 0.299. The number of halogens is 3. The predicted octanol–water partition coefficient (Wildman–Crippen LogP) is 2.04. The molecular weight excluding hydrogens is 325 g/mol. The average Bonchev–Trinajstić information content (AvgIpc) is 2.54. The highest BCUT2D eigenvalue weighted by atomic mass is 19.4. The number of rotatable bonds is 4. The summed E-state index contributed by atoms with van der Waals surface area (Å²) in [6.45, 7) is -0.956. The molecule has 1 unspecified atom stereocenters. The number of aliphatic hydroxyl groups excluding tert-OH is 1. The van der Waals surface area contributed by atoms with Crippen molar-refractivity contribution in [1.82, 2.24) is 9.88 Å². The summed E-state index contributed by atoms with van der Waals surface area (Å²) < 4.78 is 37.0. The summed E-state index contributed by atoms with van der Waals surface area (Å²) >= 11 is 0. The van der Waals surface area contributed by atoms with Crippen LogP contribution in [0.3, 0.4) is 0 Å². The standard InChI is InChI=1S/C16H15F3N2O3/c1-21(9-13(22)16(17,18)19)15(24)11-7-8-12(20-14(11)23)10-5-3-2-4-6-10/h2-8,13,22H,9H2,1H3,(H,20,23). The number of hydrogen-bond acceptors (Lipinski definition) is 3. The quantitative estimate of drug-likeness (QED) is 0.895. The first-order chi connectivity index (χ1) is 11.2. The molecule has 0 bridgehead atoms. The number of carbonyl (C=O) groups is 1. The number of nitrogens with zero attached hydrogens (tertiary/aromatic N) is 1. The molecule has 1 heterocycles. The Kier molecular flexibility index (Phi) is 5.08. The Morgan fingerprint density at radius 1 is 1.21 bits per heavy atom. The van der Waals surface area contributed by atoms with Gasteiger partial charge in [0.2, 0.25) is 0 Å². The molecule has 5 nitrogen and oxygen atoms in total. The van der Waals surface area contributed by atoms with E-state index in [0.717, 1.165) is 12.6 Å². The summed E-state index contributed by atoms with van der Waals surface area (Å²) in [5, 5.41) is 9.01. The first kappa shape index (κ1) is 17.7. The number of amides is 1. The Morgan fingerprint density at radius 2 is 1.83 bits per heavy atom. The van der Waals surface area contributed by atoms with Crippen LogP contribution in [0, 0.1) is 0 Å². The van der Waals surface area contributed by atoms with Crippen LogP contribution in [-0.2, 0) is 0 Å². The van der Waals surface area contributed by atoms with Crippen LogP contribution in [0.2, 0.25) is 0 Å².